The third kappa shape index (κ3) is 3.96. The van der Waals surface area contributed by atoms with Gasteiger partial charge >= 0.3 is 0 Å². The zero-order valence-corrected chi connectivity index (χ0v) is 18.4. The number of nitrogens with zero attached hydrogens (tertiary/aromatic N) is 1. The van der Waals surface area contributed by atoms with E-state index in [-0.39, 0.29) is 22.8 Å². The second kappa shape index (κ2) is 8.33. The van der Waals surface area contributed by atoms with Crippen LogP contribution in [0.25, 0.3) is 0 Å². The minimum atomic E-state index is -0.350. The number of amides is 3. The van der Waals surface area contributed by atoms with Crippen LogP contribution in [0, 0.1) is 3.57 Å². The molecule has 0 aliphatic carbocycles. The van der Waals surface area contributed by atoms with Crippen LogP contribution in [0.4, 0.5) is 11.4 Å². The first kappa shape index (κ1) is 20.2. The van der Waals surface area contributed by atoms with Gasteiger partial charge in [-0.1, -0.05) is 18.2 Å². The summed E-state index contributed by atoms with van der Waals surface area (Å²) in [5, 5.41) is 5.70. The maximum absolute atomic E-state index is 12.6. The Morgan fingerprint density at radius 2 is 1.50 bits per heavy atom. The van der Waals surface area contributed by atoms with Crippen LogP contribution in [-0.4, -0.2) is 22.8 Å². The van der Waals surface area contributed by atoms with Crippen molar-refractivity contribution in [2.75, 3.05) is 10.2 Å². The second-order valence-electron chi connectivity index (χ2n) is 6.46. The number of nitrogens with one attached hydrogen (secondary N) is 2. The van der Waals surface area contributed by atoms with Crippen molar-refractivity contribution < 1.29 is 14.4 Å². The molecule has 0 unspecified atom stereocenters. The molecule has 1 aliphatic heterocycles. The highest BCUT2D eigenvalue weighted by Gasteiger charge is 2.36. The Bertz CT molecular complexity index is 1160. The van der Waals surface area contributed by atoms with Crippen LogP contribution in [-0.2, 0) is 0 Å². The van der Waals surface area contributed by atoms with Gasteiger partial charge in [0.1, 0.15) is 0 Å². The van der Waals surface area contributed by atoms with Crippen molar-refractivity contribution in [1.82, 2.24) is 5.32 Å². The number of carbonyl (C=O) groups excluding carboxylic acids is 3. The van der Waals surface area contributed by atoms with Crippen molar-refractivity contribution in [3.8, 4) is 0 Å². The fourth-order valence-corrected chi connectivity index (χ4v) is 3.84. The molecule has 0 bridgehead atoms. The van der Waals surface area contributed by atoms with Gasteiger partial charge in [0.2, 0.25) is 0 Å². The highest BCUT2D eigenvalue weighted by Crippen LogP contribution is 2.29. The summed E-state index contributed by atoms with van der Waals surface area (Å²) in [6.07, 6.45) is 0. The molecule has 0 spiro atoms. The number of hydrogen-bond donors (Lipinski definition) is 2. The van der Waals surface area contributed by atoms with Gasteiger partial charge in [-0.3, -0.25) is 19.7 Å². The molecule has 3 aromatic rings. The molecule has 1 heterocycles. The number of hydrogen-bond acceptors (Lipinski definition) is 4. The maximum Gasteiger partial charge on any atom is 0.266 e. The molecule has 0 saturated heterocycles. The van der Waals surface area contributed by atoms with Gasteiger partial charge < -0.3 is 5.32 Å². The largest absolute Gasteiger partial charge is 0.332 e. The quantitative estimate of drug-likeness (QED) is 0.303. The highest BCUT2D eigenvalue weighted by molar-refractivity contribution is 14.1. The number of halogens is 1. The Morgan fingerprint density at radius 1 is 0.867 bits per heavy atom. The molecule has 1 aliphatic rings. The van der Waals surface area contributed by atoms with Crippen molar-refractivity contribution in [3.63, 3.8) is 0 Å². The van der Waals surface area contributed by atoms with Crippen LogP contribution >= 0.6 is 34.8 Å². The number of anilines is 2. The van der Waals surface area contributed by atoms with Crippen molar-refractivity contribution >= 4 is 69.0 Å². The van der Waals surface area contributed by atoms with Crippen molar-refractivity contribution in [2.24, 2.45) is 0 Å². The van der Waals surface area contributed by atoms with Crippen molar-refractivity contribution in [3.05, 3.63) is 93.1 Å². The summed E-state index contributed by atoms with van der Waals surface area (Å²) in [5.74, 6) is -1.01. The predicted molar refractivity (Wildman–Crippen MR) is 127 cm³/mol. The lowest BCUT2D eigenvalue weighted by atomic mass is 10.1. The Hall–Kier alpha value is -3.11. The summed E-state index contributed by atoms with van der Waals surface area (Å²) in [6.45, 7) is 0. The van der Waals surface area contributed by atoms with Crippen molar-refractivity contribution in [1.29, 1.82) is 0 Å². The Balaban J connectivity index is 1.43. The molecule has 0 atom stereocenters. The molecule has 0 radical (unpaired) electrons. The van der Waals surface area contributed by atoms with E-state index in [2.05, 4.69) is 33.2 Å². The summed E-state index contributed by atoms with van der Waals surface area (Å²) < 4.78 is 0.947. The van der Waals surface area contributed by atoms with E-state index in [0.717, 1.165) is 8.47 Å². The SMILES string of the molecule is O=C(NC(=S)Nc1ccc(N2C(=O)c3ccccc3C2=O)cc1)c1cccc(I)c1. The van der Waals surface area contributed by atoms with Gasteiger partial charge in [-0.2, -0.15) is 0 Å². The number of rotatable bonds is 3. The second-order valence-corrected chi connectivity index (χ2v) is 8.11. The molecular weight excluding hydrogens is 513 g/mol. The third-order valence-corrected chi connectivity index (χ3v) is 5.37. The van der Waals surface area contributed by atoms with E-state index in [9.17, 15) is 14.4 Å². The van der Waals surface area contributed by atoms with Gasteiger partial charge in [-0.25, -0.2) is 4.90 Å². The van der Waals surface area contributed by atoms with E-state index in [1.807, 2.05) is 6.07 Å². The number of fused-ring (bicyclic) bond motifs is 1. The van der Waals surface area contributed by atoms with E-state index in [0.29, 0.717) is 28.1 Å². The number of benzene rings is 3. The summed E-state index contributed by atoms with van der Waals surface area (Å²) in [5.41, 5.74) is 2.37. The first-order valence-electron chi connectivity index (χ1n) is 8.90. The van der Waals surface area contributed by atoms with Gasteiger partial charge in [-0.15, -0.1) is 0 Å². The molecule has 148 valence electrons. The van der Waals surface area contributed by atoms with E-state index in [1.54, 1.807) is 66.7 Å². The minimum Gasteiger partial charge on any atom is -0.332 e. The van der Waals surface area contributed by atoms with Gasteiger partial charge in [-0.05, 0) is 89.4 Å². The van der Waals surface area contributed by atoms with Crippen LogP contribution in [0.3, 0.4) is 0 Å². The smallest absolute Gasteiger partial charge is 0.266 e. The molecule has 6 nitrogen and oxygen atoms in total. The van der Waals surface area contributed by atoms with Crippen LogP contribution in [0.1, 0.15) is 31.1 Å². The average Bonchev–Trinajstić information content (AvgIpc) is 2.99. The summed E-state index contributed by atoms with van der Waals surface area (Å²) in [4.78, 5) is 38.6. The van der Waals surface area contributed by atoms with Crippen molar-refractivity contribution in [2.45, 2.75) is 0 Å². The normalized spacial score (nSPS) is 12.5. The monoisotopic (exact) mass is 527 g/mol. The first-order chi connectivity index (χ1) is 14.4. The zero-order valence-electron chi connectivity index (χ0n) is 15.4. The molecule has 30 heavy (non-hydrogen) atoms. The zero-order chi connectivity index (χ0) is 21.3. The van der Waals surface area contributed by atoms with Gasteiger partial charge in [0.15, 0.2) is 5.11 Å². The molecule has 0 fully saturated rings. The van der Waals surface area contributed by atoms with Gasteiger partial charge in [0.05, 0.1) is 16.8 Å². The van der Waals surface area contributed by atoms with E-state index < -0.39 is 0 Å². The lowest BCUT2D eigenvalue weighted by molar-refractivity contribution is 0.0923. The Kier molecular flexibility index (Phi) is 5.60. The molecular formula is C22H14IN3O3S. The molecule has 8 heteroatoms. The number of imide groups is 1. The topological polar surface area (TPSA) is 78.5 Å². The Labute approximate surface area is 191 Å². The predicted octanol–water partition coefficient (Wildman–Crippen LogP) is 4.22. The minimum absolute atomic E-state index is 0.146. The lowest BCUT2D eigenvalue weighted by Crippen LogP contribution is -2.34. The van der Waals surface area contributed by atoms with Gasteiger partial charge in [0.25, 0.3) is 17.7 Å². The third-order valence-electron chi connectivity index (χ3n) is 4.49. The van der Waals surface area contributed by atoms with Crippen LogP contribution in [0.5, 0.6) is 0 Å². The number of thiocarbonyl (C=S) groups is 1. The van der Waals surface area contributed by atoms with Gasteiger partial charge in [0, 0.05) is 14.8 Å². The standard InChI is InChI=1S/C22H14IN3O3S/c23-14-5-3-4-13(12-14)19(27)25-22(30)24-15-8-10-16(11-9-15)26-20(28)17-6-1-2-7-18(17)21(26)29/h1-12H,(H2,24,25,27,30). The van der Waals surface area contributed by atoms with E-state index in [4.69, 9.17) is 12.2 Å². The summed E-state index contributed by atoms with van der Waals surface area (Å²) in [7, 11) is 0. The molecule has 2 N–H and O–H groups in total. The van der Waals surface area contributed by atoms with Crippen LogP contribution in [0.2, 0.25) is 0 Å². The van der Waals surface area contributed by atoms with E-state index in [1.165, 1.54) is 0 Å². The molecule has 0 saturated carbocycles. The average molecular weight is 527 g/mol. The first-order valence-corrected chi connectivity index (χ1v) is 10.4. The molecule has 3 amide bonds. The molecule has 3 aromatic carbocycles. The summed E-state index contributed by atoms with van der Waals surface area (Å²) >= 11 is 7.34. The fraction of sp³-hybridized carbons (Fsp3) is 0. The fourth-order valence-electron chi connectivity index (χ4n) is 3.08. The van der Waals surface area contributed by atoms with Crippen LogP contribution < -0.4 is 15.5 Å². The summed E-state index contributed by atoms with van der Waals surface area (Å²) in [6, 6.07) is 20.5. The maximum atomic E-state index is 12.6. The Morgan fingerprint density at radius 3 is 2.10 bits per heavy atom. The lowest BCUT2D eigenvalue weighted by Gasteiger charge is -2.15. The number of carbonyl (C=O) groups is 3. The molecule has 4 rings (SSSR count). The molecule has 0 aromatic heterocycles. The van der Waals surface area contributed by atoms with E-state index >= 15 is 0 Å². The highest BCUT2D eigenvalue weighted by atomic mass is 127. The van der Waals surface area contributed by atoms with Crippen LogP contribution in [0.15, 0.2) is 72.8 Å².